The fraction of sp³-hybridized carbons (Fsp3) is 0.955. The van der Waals surface area contributed by atoms with Crippen molar-refractivity contribution in [2.24, 2.45) is 29.6 Å². The Bertz CT molecular complexity index is 721. The number of rotatable bonds is 5. The molecule has 2 saturated heterocycles. The van der Waals surface area contributed by atoms with Crippen LogP contribution in [0, 0.1) is 29.6 Å². The van der Waals surface area contributed by atoms with Gasteiger partial charge in [-0.1, -0.05) is 0 Å². The van der Waals surface area contributed by atoms with Gasteiger partial charge in [0.15, 0.2) is 0 Å². The maximum absolute atomic E-state index is 13.3. The van der Waals surface area contributed by atoms with E-state index in [2.05, 4.69) is 10.2 Å². The average molecular weight is 440 g/mol. The molecule has 6 rings (SSSR count). The summed E-state index contributed by atoms with van der Waals surface area (Å²) in [4.78, 5) is 15.6. The summed E-state index contributed by atoms with van der Waals surface area (Å²) in [6.45, 7) is 3.98. The van der Waals surface area contributed by atoms with Crippen molar-refractivity contribution in [1.82, 2.24) is 14.5 Å². The molecule has 6 fully saturated rings. The maximum atomic E-state index is 13.3. The minimum Gasteiger partial charge on any atom is -0.378 e. The van der Waals surface area contributed by atoms with E-state index in [0.717, 1.165) is 37.8 Å². The zero-order valence-electron chi connectivity index (χ0n) is 18.2. The molecule has 4 saturated carbocycles. The lowest BCUT2D eigenvalue weighted by Crippen LogP contribution is -2.61. The Morgan fingerprint density at radius 2 is 1.63 bits per heavy atom. The van der Waals surface area contributed by atoms with Crippen LogP contribution >= 0.6 is 0 Å². The number of carbonyl (C=O) groups excluding carboxylic acids is 1. The summed E-state index contributed by atoms with van der Waals surface area (Å²) in [5.41, 5.74) is 0. The fourth-order valence-corrected chi connectivity index (χ4v) is 8.15. The van der Waals surface area contributed by atoms with Crippen LogP contribution in [-0.4, -0.2) is 81.3 Å². The van der Waals surface area contributed by atoms with Crippen molar-refractivity contribution >= 4 is 15.9 Å². The van der Waals surface area contributed by atoms with Gasteiger partial charge < -0.3 is 10.1 Å². The van der Waals surface area contributed by atoms with E-state index in [1.54, 1.807) is 4.31 Å². The molecule has 0 aromatic rings. The van der Waals surface area contributed by atoms with Gasteiger partial charge in [0.2, 0.25) is 15.9 Å². The van der Waals surface area contributed by atoms with Crippen LogP contribution in [0.1, 0.15) is 44.9 Å². The first kappa shape index (κ1) is 21.2. The van der Waals surface area contributed by atoms with Gasteiger partial charge in [0.05, 0.1) is 19.5 Å². The number of carbonyl (C=O) groups is 1. The van der Waals surface area contributed by atoms with E-state index in [-0.39, 0.29) is 11.9 Å². The summed E-state index contributed by atoms with van der Waals surface area (Å²) >= 11 is 0. The molecule has 7 nitrogen and oxygen atoms in total. The Morgan fingerprint density at radius 3 is 2.23 bits per heavy atom. The Labute approximate surface area is 180 Å². The van der Waals surface area contributed by atoms with Gasteiger partial charge in [0, 0.05) is 32.2 Å². The molecule has 8 heteroatoms. The summed E-state index contributed by atoms with van der Waals surface area (Å²) < 4.78 is 30.8. The van der Waals surface area contributed by atoms with Gasteiger partial charge in [-0.2, -0.15) is 0 Å². The molecule has 1 amide bonds. The van der Waals surface area contributed by atoms with Gasteiger partial charge in [-0.15, -0.1) is 0 Å². The van der Waals surface area contributed by atoms with E-state index in [4.69, 9.17) is 4.74 Å². The summed E-state index contributed by atoms with van der Waals surface area (Å²) in [7, 11) is -3.10. The summed E-state index contributed by atoms with van der Waals surface area (Å²) in [5, 5.41) is 3.48. The highest BCUT2D eigenvalue weighted by Crippen LogP contribution is 2.53. The number of sulfonamides is 1. The van der Waals surface area contributed by atoms with E-state index in [1.165, 1.54) is 38.4 Å². The first-order valence-electron chi connectivity index (χ1n) is 11.9. The lowest BCUT2D eigenvalue weighted by molar-refractivity contribution is -0.137. The average Bonchev–Trinajstić information content (AvgIpc) is 2.70. The molecular formula is C22H37N3O4S. The van der Waals surface area contributed by atoms with Crippen LogP contribution in [0.5, 0.6) is 0 Å². The molecule has 4 bridgehead atoms. The molecule has 0 radical (unpaired) electrons. The van der Waals surface area contributed by atoms with Crippen LogP contribution in [-0.2, 0) is 19.6 Å². The van der Waals surface area contributed by atoms with Crippen molar-refractivity contribution in [2.45, 2.75) is 57.0 Å². The zero-order chi connectivity index (χ0) is 20.9. The first-order chi connectivity index (χ1) is 14.4. The van der Waals surface area contributed by atoms with Crippen molar-refractivity contribution in [2.75, 3.05) is 45.6 Å². The van der Waals surface area contributed by atoms with E-state index in [0.29, 0.717) is 50.1 Å². The van der Waals surface area contributed by atoms with E-state index in [1.807, 2.05) is 0 Å². The van der Waals surface area contributed by atoms with Crippen molar-refractivity contribution < 1.29 is 17.9 Å². The highest BCUT2D eigenvalue weighted by atomic mass is 32.2. The molecule has 6 aliphatic rings. The molecule has 170 valence electrons. The molecule has 2 aliphatic heterocycles. The van der Waals surface area contributed by atoms with Crippen LogP contribution in [0.4, 0.5) is 0 Å². The third-order valence-electron chi connectivity index (χ3n) is 8.61. The second-order valence-electron chi connectivity index (χ2n) is 10.7. The topological polar surface area (TPSA) is 79.0 Å². The van der Waals surface area contributed by atoms with Gasteiger partial charge in [0.1, 0.15) is 6.04 Å². The van der Waals surface area contributed by atoms with E-state index < -0.39 is 10.0 Å². The third kappa shape index (κ3) is 4.30. The number of hydrogen-bond donors (Lipinski definition) is 1. The molecule has 0 spiro atoms. The summed E-state index contributed by atoms with van der Waals surface area (Å²) in [5.74, 6) is 3.78. The van der Waals surface area contributed by atoms with Gasteiger partial charge in [0.25, 0.3) is 0 Å². The number of nitrogens with zero attached hydrogens (tertiary/aromatic N) is 2. The number of ether oxygens (including phenoxy) is 1. The van der Waals surface area contributed by atoms with E-state index >= 15 is 0 Å². The zero-order valence-corrected chi connectivity index (χ0v) is 19.0. The molecule has 1 N–H and O–H groups in total. The van der Waals surface area contributed by atoms with Gasteiger partial charge in [-0.05, 0) is 74.5 Å². The largest absolute Gasteiger partial charge is 0.378 e. The Morgan fingerprint density at radius 1 is 1.00 bits per heavy atom. The molecule has 0 aromatic heterocycles. The molecular weight excluding hydrogens is 402 g/mol. The second kappa shape index (κ2) is 8.34. The van der Waals surface area contributed by atoms with E-state index in [9.17, 15) is 13.2 Å². The third-order valence-corrected chi connectivity index (χ3v) is 9.92. The van der Waals surface area contributed by atoms with Gasteiger partial charge >= 0.3 is 0 Å². The standard InChI is InChI=1S/C22H37N3O4S/c1-30(27,28)25-4-2-15(3-5-25)13-24-6-7-29-14-20(24)22(26)23-21-18-9-16-8-17(11-18)12-19(21)10-16/h15-21H,2-14H2,1H3,(H,23,26)/t16?,17?,18?,19?,20-,21?/m1/s1. The number of morpholine rings is 1. The molecule has 1 atom stereocenters. The lowest BCUT2D eigenvalue weighted by atomic mass is 9.54. The molecule has 30 heavy (non-hydrogen) atoms. The number of hydrogen-bond acceptors (Lipinski definition) is 5. The van der Waals surface area contributed by atoms with Crippen LogP contribution in [0.3, 0.4) is 0 Å². The lowest BCUT2D eigenvalue weighted by Gasteiger charge is -2.54. The highest BCUT2D eigenvalue weighted by molar-refractivity contribution is 7.88. The van der Waals surface area contributed by atoms with Crippen molar-refractivity contribution in [3.05, 3.63) is 0 Å². The molecule has 4 aliphatic carbocycles. The number of piperidine rings is 1. The minimum atomic E-state index is -3.10. The first-order valence-corrected chi connectivity index (χ1v) is 13.8. The van der Waals surface area contributed by atoms with Crippen molar-refractivity contribution in [3.63, 3.8) is 0 Å². The number of nitrogens with one attached hydrogen (secondary N) is 1. The highest BCUT2D eigenvalue weighted by Gasteiger charge is 2.49. The molecule has 0 aromatic carbocycles. The number of amides is 1. The van der Waals surface area contributed by atoms with Crippen molar-refractivity contribution in [3.8, 4) is 0 Å². The summed E-state index contributed by atoms with van der Waals surface area (Å²) in [6.07, 6.45) is 9.69. The minimum absolute atomic E-state index is 0.153. The van der Waals surface area contributed by atoms with Crippen LogP contribution in [0.2, 0.25) is 0 Å². The quantitative estimate of drug-likeness (QED) is 0.699. The second-order valence-corrected chi connectivity index (χ2v) is 12.6. The van der Waals surface area contributed by atoms with Crippen molar-refractivity contribution in [1.29, 1.82) is 0 Å². The van der Waals surface area contributed by atoms with Gasteiger partial charge in [-0.25, -0.2) is 12.7 Å². The maximum Gasteiger partial charge on any atom is 0.239 e. The smallest absolute Gasteiger partial charge is 0.239 e. The van der Waals surface area contributed by atoms with Crippen LogP contribution < -0.4 is 5.32 Å². The predicted octanol–water partition coefficient (Wildman–Crippen LogP) is 1.30. The monoisotopic (exact) mass is 439 g/mol. The van der Waals surface area contributed by atoms with Gasteiger partial charge in [-0.3, -0.25) is 9.69 Å². The Hall–Kier alpha value is -0.700. The predicted molar refractivity (Wildman–Crippen MR) is 114 cm³/mol. The van der Waals surface area contributed by atoms with Crippen LogP contribution in [0.25, 0.3) is 0 Å². The fourth-order valence-electron chi connectivity index (χ4n) is 7.27. The molecule has 0 unspecified atom stereocenters. The van der Waals surface area contributed by atoms with Crippen LogP contribution in [0.15, 0.2) is 0 Å². The Balaban J connectivity index is 1.18. The SMILES string of the molecule is CS(=O)(=O)N1CCC(CN2CCOC[C@@H]2C(=O)NC2C3CC4CC(C3)CC2C4)CC1. The normalized spacial score (nSPS) is 40.6. The summed E-state index contributed by atoms with van der Waals surface area (Å²) in [6, 6.07) is 0.163. The molecule has 2 heterocycles. The Kier molecular flexibility index (Phi) is 5.88.